The molecule has 0 aromatic heterocycles. The molecule has 1 aromatic carbocycles. The molecule has 102 valence electrons. The average molecular weight is 270 g/mol. The molecule has 0 fully saturated rings. The third-order valence-electron chi connectivity index (χ3n) is 2.48. The van der Waals surface area contributed by atoms with Gasteiger partial charge in [0.2, 0.25) is 10.0 Å². The molecule has 0 bridgehead atoms. The van der Waals surface area contributed by atoms with E-state index in [9.17, 15) is 8.42 Å². The van der Waals surface area contributed by atoms with Gasteiger partial charge in [-0.15, -0.1) is 0 Å². The number of anilines is 1. The summed E-state index contributed by atoms with van der Waals surface area (Å²) in [6.07, 6.45) is 1.69. The van der Waals surface area contributed by atoms with Crippen LogP contribution in [-0.2, 0) is 10.0 Å². The van der Waals surface area contributed by atoms with E-state index in [1.807, 2.05) is 25.1 Å². The van der Waals surface area contributed by atoms with Crippen molar-refractivity contribution in [3.8, 4) is 0 Å². The normalized spacial score (nSPS) is 11.4. The Kier molecular flexibility index (Phi) is 6.15. The topological polar surface area (TPSA) is 58.2 Å². The highest BCUT2D eigenvalue weighted by Crippen LogP contribution is 2.11. The van der Waals surface area contributed by atoms with Crippen molar-refractivity contribution in [3.05, 3.63) is 29.8 Å². The zero-order chi connectivity index (χ0) is 13.4. The molecule has 0 aliphatic carbocycles. The number of sulfonamides is 1. The second-order valence-electron chi connectivity index (χ2n) is 4.39. The van der Waals surface area contributed by atoms with Gasteiger partial charge in [-0.25, -0.2) is 8.42 Å². The van der Waals surface area contributed by atoms with Gasteiger partial charge in [0.1, 0.15) is 0 Å². The zero-order valence-electron chi connectivity index (χ0n) is 11.1. The highest BCUT2D eigenvalue weighted by atomic mass is 32.2. The Morgan fingerprint density at radius 3 is 2.67 bits per heavy atom. The molecule has 0 atom stereocenters. The first-order valence-corrected chi connectivity index (χ1v) is 7.96. The lowest BCUT2D eigenvalue weighted by Gasteiger charge is -2.08. The van der Waals surface area contributed by atoms with E-state index in [4.69, 9.17) is 0 Å². The smallest absolute Gasteiger partial charge is 0.232 e. The fourth-order valence-electron chi connectivity index (χ4n) is 1.63. The van der Waals surface area contributed by atoms with Crippen molar-refractivity contribution in [1.82, 2.24) is 5.32 Å². The van der Waals surface area contributed by atoms with Crippen LogP contribution in [0.2, 0.25) is 0 Å². The molecular weight excluding hydrogens is 248 g/mol. The molecule has 0 heterocycles. The van der Waals surface area contributed by atoms with Crippen molar-refractivity contribution < 1.29 is 8.42 Å². The van der Waals surface area contributed by atoms with E-state index in [0.29, 0.717) is 12.1 Å². The van der Waals surface area contributed by atoms with Gasteiger partial charge in [-0.3, -0.25) is 4.72 Å². The van der Waals surface area contributed by atoms with Crippen LogP contribution in [0.4, 0.5) is 5.69 Å². The summed E-state index contributed by atoms with van der Waals surface area (Å²) in [4.78, 5) is 0. The molecule has 0 saturated heterocycles. The maximum absolute atomic E-state index is 11.8. The maximum Gasteiger partial charge on any atom is 0.232 e. The van der Waals surface area contributed by atoms with Crippen LogP contribution in [0.15, 0.2) is 24.3 Å². The summed E-state index contributed by atoms with van der Waals surface area (Å²) in [6.45, 7) is 5.70. The van der Waals surface area contributed by atoms with Gasteiger partial charge < -0.3 is 5.32 Å². The Morgan fingerprint density at radius 2 is 2.00 bits per heavy atom. The van der Waals surface area contributed by atoms with E-state index in [1.54, 1.807) is 6.07 Å². The summed E-state index contributed by atoms with van der Waals surface area (Å²) in [5.41, 5.74) is 1.68. The van der Waals surface area contributed by atoms with Gasteiger partial charge in [-0.05, 0) is 50.6 Å². The average Bonchev–Trinajstić information content (AvgIpc) is 2.28. The van der Waals surface area contributed by atoms with Crippen molar-refractivity contribution in [2.45, 2.75) is 26.7 Å². The SMILES string of the molecule is CCCNCCCS(=O)(=O)Nc1cccc(C)c1. The lowest BCUT2D eigenvalue weighted by Crippen LogP contribution is -2.22. The molecule has 0 saturated carbocycles. The summed E-state index contributed by atoms with van der Waals surface area (Å²) >= 11 is 0. The van der Waals surface area contributed by atoms with E-state index < -0.39 is 10.0 Å². The number of hydrogen-bond donors (Lipinski definition) is 2. The van der Waals surface area contributed by atoms with Crippen LogP contribution in [0.3, 0.4) is 0 Å². The summed E-state index contributed by atoms with van der Waals surface area (Å²) in [5, 5.41) is 3.19. The molecule has 1 aromatic rings. The fourth-order valence-corrected chi connectivity index (χ4v) is 2.74. The highest BCUT2D eigenvalue weighted by Gasteiger charge is 2.09. The highest BCUT2D eigenvalue weighted by molar-refractivity contribution is 7.92. The third kappa shape index (κ3) is 6.02. The van der Waals surface area contributed by atoms with Gasteiger partial charge in [-0.2, -0.15) is 0 Å². The minimum atomic E-state index is -3.23. The molecule has 0 aliphatic heterocycles. The largest absolute Gasteiger partial charge is 0.317 e. The monoisotopic (exact) mass is 270 g/mol. The second-order valence-corrected chi connectivity index (χ2v) is 6.24. The quantitative estimate of drug-likeness (QED) is 0.711. The van der Waals surface area contributed by atoms with Crippen molar-refractivity contribution in [1.29, 1.82) is 0 Å². The summed E-state index contributed by atoms with van der Waals surface area (Å²) in [6, 6.07) is 7.37. The molecule has 18 heavy (non-hydrogen) atoms. The van der Waals surface area contributed by atoms with Crippen LogP contribution in [0, 0.1) is 6.92 Å². The lowest BCUT2D eigenvalue weighted by molar-refractivity contribution is 0.593. The first-order chi connectivity index (χ1) is 8.53. The minimum Gasteiger partial charge on any atom is -0.317 e. The van der Waals surface area contributed by atoms with Gasteiger partial charge in [-0.1, -0.05) is 19.1 Å². The predicted molar refractivity (Wildman–Crippen MR) is 76.4 cm³/mol. The van der Waals surface area contributed by atoms with Crippen LogP contribution >= 0.6 is 0 Å². The number of aryl methyl sites for hydroxylation is 1. The van der Waals surface area contributed by atoms with Crippen LogP contribution < -0.4 is 10.0 Å². The van der Waals surface area contributed by atoms with Crippen molar-refractivity contribution >= 4 is 15.7 Å². The Balaban J connectivity index is 2.40. The van der Waals surface area contributed by atoms with E-state index >= 15 is 0 Å². The lowest BCUT2D eigenvalue weighted by atomic mass is 10.2. The molecule has 0 spiro atoms. The summed E-state index contributed by atoms with van der Waals surface area (Å²) in [5.74, 6) is 0.150. The maximum atomic E-state index is 11.8. The molecule has 5 heteroatoms. The summed E-state index contributed by atoms with van der Waals surface area (Å²) < 4.78 is 26.2. The van der Waals surface area contributed by atoms with Gasteiger partial charge >= 0.3 is 0 Å². The fraction of sp³-hybridized carbons (Fsp3) is 0.538. The molecule has 2 N–H and O–H groups in total. The third-order valence-corrected chi connectivity index (χ3v) is 3.86. The molecule has 0 unspecified atom stereocenters. The first-order valence-electron chi connectivity index (χ1n) is 6.31. The van der Waals surface area contributed by atoms with Crippen molar-refractivity contribution in [2.75, 3.05) is 23.6 Å². The van der Waals surface area contributed by atoms with Gasteiger partial charge in [0.25, 0.3) is 0 Å². The van der Waals surface area contributed by atoms with Gasteiger partial charge in [0.15, 0.2) is 0 Å². The molecule has 4 nitrogen and oxygen atoms in total. The Bertz CT molecular complexity index is 458. The van der Waals surface area contributed by atoms with Crippen LogP contribution in [-0.4, -0.2) is 27.3 Å². The molecule has 1 rings (SSSR count). The molecular formula is C13H22N2O2S. The van der Waals surface area contributed by atoms with E-state index in [-0.39, 0.29) is 5.75 Å². The van der Waals surface area contributed by atoms with Gasteiger partial charge in [0.05, 0.1) is 5.75 Å². The molecule has 0 radical (unpaired) electrons. The minimum absolute atomic E-state index is 0.150. The second kappa shape index (κ2) is 7.38. The number of nitrogens with one attached hydrogen (secondary N) is 2. The van der Waals surface area contributed by atoms with Crippen LogP contribution in [0.1, 0.15) is 25.3 Å². The standard InChI is InChI=1S/C13H22N2O2S/c1-3-8-14-9-5-10-18(16,17)15-13-7-4-6-12(2)11-13/h4,6-7,11,14-15H,3,5,8-10H2,1-2H3. The molecule has 0 aliphatic rings. The van der Waals surface area contributed by atoms with E-state index in [2.05, 4.69) is 17.0 Å². The van der Waals surface area contributed by atoms with E-state index in [1.165, 1.54) is 0 Å². The number of benzene rings is 1. The Morgan fingerprint density at radius 1 is 1.22 bits per heavy atom. The van der Waals surface area contributed by atoms with Gasteiger partial charge in [0, 0.05) is 5.69 Å². The number of rotatable bonds is 8. The Labute approximate surface area is 110 Å². The zero-order valence-corrected chi connectivity index (χ0v) is 11.9. The van der Waals surface area contributed by atoms with Crippen LogP contribution in [0.25, 0.3) is 0 Å². The molecule has 0 amide bonds. The van der Waals surface area contributed by atoms with Crippen molar-refractivity contribution in [3.63, 3.8) is 0 Å². The van der Waals surface area contributed by atoms with Crippen LogP contribution in [0.5, 0.6) is 0 Å². The Hall–Kier alpha value is -1.07. The number of hydrogen-bond acceptors (Lipinski definition) is 3. The first kappa shape index (κ1) is 15.0. The van der Waals surface area contributed by atoms with E-state index in [0.717, 1.165) is 25.1 Å². The summed E-state index contributed by atoms with van der Waals surface area (Å²) in [7, 11) is -3.23. The van der Waals surface area contributed by atoms with Crippen molar-refractivity contribution in [2.24, 2.45) is 0 Å². The predicted octanol–water partition coefficient (Wildman–Crippen LogP) is 2.13.